The van der Waals surface area contributed by atoms with Crippen molar-refractivity contribution in [3.63, 3.8) is 0 Å². The first-order valence-corrected chi connectivity index (χ1v) is 6.24. The standard InChI is InChI=1S/C14H14F2N4O/c1-3-9(2)13(21)19-11-8-18-20(14(15)16)12(11)10-4-6-17-7-5-10/h3-9,14H,1H2,2H3,(H,19,21)/t9-/m1/s1. The molecule has 0 spiro atoms. The predicted octanol–water partition coefficient (Wildman–Crippen LogP) is 3.10. The van der Waals surface area contributed by atoms with Crippen molar-refractivity contribution >= 4 is 11.6 Å². The number of nitrogens with zero attached hydrogens (tertiary/aromatic N) is 3. The van der Waals surface area contributed by atoms with Gasteiger partial charge in [-0.3, -0.25) is 9.78 Å². The summed E-state index contributed by atoms with van der Waals surface area (Å²) in [6.07, 6.45) is 5.64. The topological polar surface area (TPSA) is 59.8 Å². The molecule has 0 aliphatic heterocycles. The van der Waals surface area contributed by atoms with E-state index in [1.54, 1.807) is 19.1 Å². The van der Waals surface area contributed by atoms with Crippen LogP contribution in [0, 0.1) is 5.92 Å². The van der Waals surface area contributed by atoms with Crippen LogP contribution in [-0.4, -0.2) is 20.7 Å². The first-order valence-electron chi connectivity index (χ1n) is 6.24. The molecule has 0 aliphatic rings. The van der Waals surface area contributed by atoms with Crippen molar-refractivity contribution in [2.45, 2.75) is 13.5 Å². The highest BCUT2D eigenvalue weighted by atomic mass is 19.3. The van der Waals surface area contributed by atoms with Gasteiger partial charge in [-0.05, 0) is 12.1 Å². The molecule has 7 heteroatoms. The Morgan fingerprint density at radius 3 is 2.67 bits per heavy atom. The molecule has 2 aromatic rings. The normalized spacial score (nSPS) is 12.2. The lowest BCUT2D eigenvalue weighted by molar-refractivity contribution is -0.118. The fourth-order valence-corrected chi connectivity index (χ4v) is 1.75. The maximum absolute atomic E-state index is 13.0. The summed E-state index contributed by atoms with van der Waals surface area (Å²) in [5, 5.41) is 6.22. The van der Waals surface area contributed by atoms with E-state index < -0.39 is 12.5 Å². The summed E-state index contributed by atoms with van der Waals surface area (Å²) < 4.78 is 26.6. The van der Waals surface area contributed by atoms with E-state index in [-0.39, 0.29) is 17.3 Å². The van der Waals surface area contributed by atoms with Crippen molar-refractivity contribution in [2.75, 3.05) is 5.32 Å². The fraction of sp³-hybridized carbons (Fsp3) is 0.214. The molecule has 0 aromatic carbocycles. The van der Waals surface area contributed by atoms with E-state index in [0.717, 1.165) is 0 Å². The van der Waals surface area contributed by atoms with Gasteiger partial charge in [0.05, 0.1) is 23.5 Å². The molecule has 0 bridgehead atoms. The minimum absolute atomic E-state index is 0.136. The molecule has 0 unspecified atom stereocenters. The number of carbonyl (C=O) groups excluding carboxylic acids is 1. The minimum atomic E-state index is -2.81. The highest BCUT2D eigenvalue weighted by Crippen LogP contribution is 2.31. The van der Waals surface area contributed by atoms with Crippen molar-refractivity contribution in [1.82, 2.24) is 14.8 Å². The Bertz CT molecular complexity index is 640. The summed E-state index contributed by atoms with van der Waals surface area (Å²) in [5.41, 5.74) is 0.849. The molecular formula is C14H14F2N4O. The van der Waals surface area contributed by atoms with Gasteiger partial charge >= 0.3 is 6.55 Å². The van der Waals surface area contributed by atoms with Crippen molar-refractivity contribution in [3.05, 3.63) is 43.4 Å². The highest BCUT2D eigenvalue weighted by molar-refractivity contribution is 5.96. The quantitative estimate of drug-likeness (QED) is 0.861. The van der Waals surface area contributed by atoms with Gasteiger partial charge in [0.15, 0.2) is 0 Å². The fourth-order valence-electron chi connectivity index (χ4n) is 1.75. The number of anilines is 1. The molecule has 0 radical (unpaired) electrons. The molecular weight excluding hydrogens is 278 g/mol. The van der Waals surface area contributed by atoms with Crippen molar-refractivity contribution in [2.24, 2.45) is 5.92 Å². The van der Waals surface area contributed by atoms with Crippen molar-refractivity contribution in [1.29, 1.82) is 0 Å². The number of rotatable bonds is 5. The molecule has 0 saturated heterocycles. The lowest BCUT2D eigenvalue weighted by atomic mass is 10.1. The Morgan fingerprint density at radius 1 is 1.43 bits per heavy atom. The van der Waals surface area contributed by atoms with E-state index in [2.05, 4.69) is 22.0 Å². The molecule has 5 nitrogen and oxygen atoms in total. The lowest BCUT2D eigenvalue weighted by Crippen LogP contribution is -2.18. The summed E-state index contributed by atoms with van der Waals surface area (Å²) in [5.74, 6) is -0.778. The van der Waals surface area contributed by atoms with Gasteiger partial charge in [0, 0.05) is 18.0 Å². The Kier molecular flexibility index (Phi) is 4.42. The van der Waals surface area contributed by atoms with Gasteiger partial charge in [-0.2, -0.15) is 13.9 Å². The average molecular weight is 292 g/mol. The Morgan fingerprint density at radius 2 is 2.10 bits per heavy atom. The second-order valence-corrected chi connectivity index (χ2v) is 4.38. The second-order valence-electron chi connectivity index (χ2n) is 4.38. The van der Waals surface area contributed by atoms with Crippen molar-refractivity contribution in [3.8, 4) is 11.3 Å². The zero-order valence-corrected chi connectivity index (χ0v) is 11.3. The van der Waals surface area contributed by atoms with Gasteiger partial charge in [0.1, 0.15) is 0 Å². The summed E-state index contributed by atoms with van der Waals surface area (Å²) >= 11 is 0. The van der Waals surface area contributed by atoms with E-state index in [1.807, 2.05) is 0 Å². The maximum Gasteiger partial charge on any atom is 0.333 e. The largest absolute Gasteiger partial charge is 0.333 e. The molecule has 0 saturated carbocycles. The van der Waals surface area contributed by atoms with Crippen LogP contribution in [-0.2, 0) is 4.79 Å². The van der Waals surface area contributed by atoms with Crippen LogP contribution >= 0.6 is 0 Å². The van der Waals surface area contributed by atoms with E-state index in [4.69, 9.17) is 0 Å². The van der Waals surface area contributed by atoms with Crippen LogP contribution in [0.15, 0.2) is 43.4 Å². The van der Waals surface area contributed by atoms with Gasteiger partial charge in [-0.15, -0.1) is 6.58 Å². The number of pyridine rings is 1. The number of amides is 1. The Balaban J connectivity index is 2.43. The molecule has 21 heavy (non-hydrogen) atoms. The third-order valence-electron chi connectivity index (χ3n) is 2.96. The number of carbonyl (C=O) groups is 1. The number of hydrogen-bond donors (Lipinski definition) is 1. The van der Waals surface area contributed by atoms with Gasteiger partial charge in [0.25, 0.3) is 0 Å². The molecule has 2 rings (SSSR count). The zero-order valence-electron chi connectivity index (χ0n) is 11.3. The molecule has 0 aliphatic carbocycles. The average Bonchev–Trinajstić information content (AvgIpc) is 2.91. The Labute approximate surface area is 120 Å². The molecule has 2 aromatic heterocycles. The van der Waals surface area contributed by atoms with Crippen LogP contribution in [0.4, 0.5) is 14.5 Å². The third kappa shape index (κ3) is 3.13. The summed E-state index contributed by atoms with van der Waals surface area (Å²) in [4.78, 5) is 15.7. The first-order chi connectivity index (χ1) is 10.0. The monoisotopic (exact) mass is 292 g/mol. The predicted molar refractivity (Wildman–Crippen MR) is 74.7 cm³/mol. The zero-order chi connectivity index (χ0) is 15.4. The lowest BCUT2D eigenvalue weighted by Gasteiger charge is -2.11. The number of halogens is 2. The number of nitrogens with one attached hydrogen (secondary N) is 1. The number of hydrogen-bond acceptors (Lipinski definition) is 3. The SMILES string of the molecule is C=C[C@@H](C)C(=O)Nc1cnn(C(F)F)c1-c1ccncc1. The molecule has 2 heterocycles. The summed E-state index contributed by atoms with van der Waals surface area (Å²) in [6.45, 7) is 2.38. The van der Waals surface area contributed by atoms with Gasteiger partial charge in [-0.25, -0.2) is 4.68 Å². The van der Waals surface area contributed by atoms with Crippen LogP contribution in [0.25, 0.3) is 11.3 Å². The molecule has 0 fully saturated rings. The van der Waals surface area contributed by atoms with E-state index >= 15 is 0 Å². The van der Waals surface area contributed by atoms with Crippen molar-refractivity contribution < 1.29 is 13.6 Å². The van der Waals surface area contributed by atoms with E-state index in [1.165, 1.54) is 24.7 Å². The van der Waals surface area contributed by atoms with Gasteiger partial charge < -0.3 is 5.32 Å². The van der Waals surface area contributed by atoms with Crippen LogP contribution in [0.2, 0.25) is 0 Å². The molecule has 110 valence electrons. The smallest absolute Gasteiger partial charge is 0.322 e. The van der Waals surface area contributed by atoms with E-state index in [0.29, 0.717) is 10.2 Å². The molecule has 1 atom stereocenters. The molecule has 1 N–H and O–H groups in total. The Hall–Kier alpha value is -2.57. The van der Waals surface area contributed by atoms with Crippen LogP contribution in [0.1, 0.15) is 13.5 Å². The van der Waals surface area contributed by atoms with Gasteiger partial charge in [-0.1, -0.05) is 13.0 Å². The van der Waals surface area contributed by atoms with Crippen LogP contribution in [0.5, 0.6) is 0 Å². The second kappa shape index (κ2) is 6.25. The van der Waals surface area contributed by atoms with Crippen LogP contribution in [0.3, 0.4) is 0 Å². The highest BCUT2D eigenvalue weighted by Gasteiger charge is 2.21. The minimum Gasteiger partial charge on any atom is -0.322 e. The number of alkyl halides is 2. The first kappa shape index (κ1) is 14.8. The van der Waals surface area contributed by atoms with Gasteiger partial charge in [0.2, 0.25) is 5.91 Å². The summed E-state index contributed by atoms with van der Waals surface area (Å²) in [6, 6.07) is 3.14. The third-order valence-corrected chi connectivity index (χ3v) is 2.96. The van der Waals surface area contributed by atoms with Crippen LogP contribution < -0.4 is 5.32 Å². The van der Waals surface area contributed by atoms with E-state index in [9.17, 15) is 13.6 Å². The maximum atomic E-state index is 13.0. The molecule has 1 amide bonds. The summed E-state index contributed by atoms with van der Waals surface area (Å²) in [7, 11) is 0. The number of aromatic nitrogens is 3.